The Balaban J connectivity index is 1.83. The van der Waals surface area contributed by atoms with Crippen molar-refractivity contribution in [2.24, 2.45) is 0 Å². The van der Waals surface area contributed by atoms with E-state index in [4.69, 9.17) is 37.9 Å². The zero-order valence-corrected chi connectivity index (χ0v) is 23.8. The van der Waals surface area contributed by atoms with Crippen LogP contribution in [0.5, 0.6) is 5.75 Å². The summed E-state index contributed by atoms with van der Waals surface area (Å²) in [5, 5.41) is 0. The number of carbonyl (C=O) groups excluding carboxylic acids is 1. The predicted octanol–water partition coefficient (Wildman–Crippen LogP) is 3.39. The molecule has 14 heteroatoms. The van der Waals surface area contributed by atoms with Crippen molar-refractivity contribution in [1.82, 2.24) is 0 Å². The van der Waals surface area contributed by atoms with E-state index >= 15 is 0 Å². The Kier molecular flexibility index (Phi) is 22.3. The highest BCUT2D eigenvalue weighted by Gasteiger charge is 2.25. The van der Waals surface area contributed by atoms with Crippen LogP contribution in [-0.4, -0.2) is 112 Å². The molecule has 0 aromatic heterocycles. The van der Waals surface area contributed by atoms with Gasteiger partial charge in [-0.2, -0.15) is 4.39 Å². The molecule has 0 unspecified atom stereocenters. The van der Waals surface area contributed by atoms with E-state index in [0.717, 1.165) is 20.0 Å². The van der Waals surface area contributed by atoms with Crippen LogP contribution in [0.3, 0.4) is 0 Å². The second kappa shape index (κ2) is 24.7. The zero-order valence-electron chi connectivity index (χ0n) is 23.8. The van der Waals surface area contributed by atoms with Gasteiger partial charge in [0.1, 0.15) is 0 Å². The van der Waals surface area contributed by atoms with E-state index < -0.39 is 40.6 Å². The number of hydrogen-bond donors (Lipinski definition) is 0. The van der Waals surface area contributed by atoms with E-state index in [9.17, 15) is 22.4 Å². The van der Waals surface area contributed by atoms with Crippen LogP contribution in [0.25, 0.3) is 0 Å². The predicted molar refractivity (Wildman–Crippen MR) is 138 cm³/mol. The molecular weight excluding hydrogens is 560 g/mol. The van der Waals surface area contributed by atoms with Crippen molar-refractivity contribution in [1.29, 1.82) is 0 Å². The highest BCUT2D eigenvalue weighted by molar-refractivity contribution is 5.73. The Hall–Kier alpha value is -1.91. The van der Waals surface area contributed by atoms with Crippen LogP contribution in [0.1, 0.15) is 25.3 Å². The van der Waals surface area contributed by atoms with Gasteiger partial charge in [0, 0.05) is 12.2 Å². The zero-order chi connectivity index (χ0) is 30.1. The molecule has 41 heavy (non-hydrogen) atoms. The van der Waals surface area contributed by atoms with Crippen molar-refractivity contribution < 1.29 is 65.0 Å². The Morgan fingerprint density at radius 3 is 1.17 bits per heavy atom. The van der Waals surface area contributed by atoms with Gasteiger partial charge in [-0.25, -0.2) is 13.2 Å². The molecule has 10 nitrogen and oxygen atoms in total. The maximum absolute atomic E-state index is 13.7. The van der Waals surface area contributed by atoms with Crippen molar-refractivity contribution >= 4 is 5.97 Å². The highest BCUT2D eigenvalue weighted by Crippen LogP contribution is 2.30. The third kappa shape index (κ3) is 17.6. The molecule has 0 fully saturated rings. The summed E-state index contributed by atoms with van der Waals surface area (Å²) in [6, 6.07) is 0. The molecule has 0 saturated heterocycles. The highest BCUT2D eigenvalue weighted by atomic mass is 19.2. The molecule has 0 bridgehead atoms. The monoisotopic (exact) mass is 602 g/mol. The molecule has 0 radical (unpaired) electrons. The first-order valence-electron chi connectivity index (χ1n) is 13.5. The molecule has 0 heterocycles. The lowest BCUT2D eigenvalue weighted by molar-refractivity contribution is -0.136. The van der Waals surface area contributed by atoms with Gasteiger partial charge >= 0.3 is 5.97 Å². The van der Waals surface area contributed by atoms with Gasteiger partial charge in [0.25, 0.3) is 0 Å². The van der Waals surface area contributed by atoms with Crippen molar-refractivity contribution in [3.63, 3.8) is 0 Å². The van der Waals surface area contributed by atoms with Crippen LogP contribution in [-0.2, 0) is 42.7 Å². The SMILES string of the molecule is CCCOCCOCCOCCOCCOCCOCCOCCOCCC(=O)Oc1c(C)c(F)c(F)c(F)c1F. The van der Waals surface area contributed by atoms with Crippen LogP contribution in [0.2, 0.25) is 0 Å². The molecule has 0 aliphatic carbocycles. The van der Waals surface area contributed by atoms with E-state index in [1.807, 2.05) is 0 Å². The van der Waals surface area contributed by atoms with Gasteiger partial charge < -0.3 is 42.6 Å². The average molecular weight is 603 g/mol. The summed E-state index contributed by atoms with van der Waals surface area (Å²) in [4.78, 5) is 11.8. The number of rotatable bonds is 27. The minimum Gasteiger partial charge on any atom is -0.423 e. The third-order valence-corrected chi connectivity index (χ3v) is 5.07. The molecule has 1 rings (SSSR count). The molecule has 0 saturated carbocycles. The van der Waals surface area contributed by atoms with E-state index in [2.05, 4.69) is 11.7 Å². The number of carbonyl (C=O) groups is 1. The number of esters is 1. The summed E-state index contributed by atoms with van der Waals surface area (Å²) in [6.45, 7) is 9.63. The smallest absolute Gasteiger partial charge is 0.313 e. The van der Waals surface area contributed by atoms with E-state index in [1.165, 1.54) is 0 Å². The van der Waals surface area contributed by atoms with Gasteiger partial charge in [-0.05, 0) is 13.3 Å². The maximum atomic E-state index is 13.7. The van der Waals surface area contributed by atoms with Gasteiger partial charge in [0.15, 0.2) is 17.4 Å². The first kappa shape index (κ1) is 37.1. The van der Waals surface area contributed by atoms with Crippen LogP contribution >= 0.6 is 0 Å². The van der Waals surface area contributed by atoms with Gasteiger partial charge in [-0.3, -0.25) is 4.79 Å². The lowest BCUT2D eigenvalue weighted by Crippen LogP contribution is -2.16. The molecule has 1 aromatic carbocycles. The van der Waals surface area contributed by atoms with Crippen LogP contribution < -0.4 is 4.74 Å². The summed E-state index contributed by atoms with van der Waals surface area (Å²) in [5.74, 6) is -9.40. The second-order valence-corrected chi connectivity index (χ2v) is 8.33. The fraction of sp³-hybridized carbons (Fsp3) is 0.741. The molecule has 0 aliphatic rings. The molecule has 0 aliphatic heterocycles. The summed E-state index contributed by atoms with van der Waals surface area (Å²) in [7, 11) is 0. The lowest BCUT2D eigenvalue weighted by atomic mass is 10.2. The molecule has 1 aromatic rings. The van der Waals surface area contributed by atoms with Gasteiger partial charge in [-0.15, -0.1) is 0 Å². The second-order valence-electron chi connectivity index (χ2n) is 8.33. The number of ether oxygens (including phenoxy) is 9. The van der Waals surface area contributed by atoms with Crippen molar-refractivity contribution in [2.45, 2.75) is 26.7 Å². The van der Waals surface area contributed by atoms with E-state index in [0.29, 0.717) is 79.3 Å². The standard InChI is InChI=1S/C27H42F4O10/c1-3-5-33-7-9-35-11-13-37-15-17-39-19-20-40-18-16-38-14-12-36-10-8-34-6-4-22(32)41-27-21(2)23(28)24(29)25(30)26(27)31/h3-20H2,1-2H3. The molecule has 0 atom stereocenters. The summed E-state index contributed by atoms with van der Waals surface area (Å²) < 4.78 is 101. The fourth-order valence-corrected chi connectivity index (χ4v) is 2.95. The number of benzene rings is 1. The van der Waals surface area contributed by atoms with Gasteiger partial charge in [0.2, 0.25) is 11.6 Å². The molecule has 0 N–H and O–H groups in total. The molecule has 0 amide bonds. The van der Waals surface area contributed by atoms with Crippen LogP contribution in [0.15, 0.2) is 0 Å². The molecular formula is C27H42F4O10. The number of hydrogen-bond acceptors (Lipinski definition) is 10. The van der Waals surface area contributed by atoms with Crippen LogP contribution in [0.4, 0.5) is 17.6 Å². The van der Waals surface area contributed by atoms with Crippen molar-refractivity contribution in [2.75, 3.05) is 106 Å². The topological polar surface area (TPSA) is 100 Å². The van der Waals surface area contributed by atoms with Gasteiger partial charge in [0.05, 0.1) is 106 Å². The quantitative estimate of drug-likeness (QED) is 0.0372. The fourth-order valence-electron chi connectivity index (χ4n) is 2.95. The van der Waals surface area contributed by atoms with E-state index in [-0.39, 0.29) is 26.2 Å². The summed E-state index contributed by atoms with van der Waals surface area (Å²) in [5.41, 5.74) is -0.647. The molecule has 238 valence electrons. The number of halogens is 4. The Morgan fingerprint density at radius 2 is 0.805 bits per heavy atom. The lowest BCUT2D eigenvalue weighted by Gasteiger charge is -2.11. The van der Waals surface area contributed by atoms with Crippen molar-refractivity contribution in [3.05, 3.63) is 28.8 Å². The largest absolute Gasteiger partial charge is 0.423 e. The third-order valence-electron chi connectivity index (χ3n) is 5.07. The summed E-state index contributed by atoms with van der Waals surface area (Å²) >= 11 is 0. The van der Waals surface area contributed by atoms with Gasteiger partial charge in [-0.1, -0.05) is 6.92 Å². The molecule has 0 spiro atoms. The van der Waals surface area contributed by atoms with E-state index in [1.54, 1.807) is 0 Å². The minimum atomic E-state index is -2.05. The Bertz CT molecular complexity index is 803. The van der Waals surface area contributed by atoms with Crippen LogP contribution in [0, 0.1) is 30.2 Å². The summed E-state index contributed by atoms with van der Waals surface area (Å²) in [6.07, 6.45) is 0.686. The maximum Gasteiger partial charge on any atom is 0.313 e. The normalized spacial score (nSPS) is 11.4. The minimum absolute atomic E-state index is 0.0933. The average Bonchev–Trinajstić information content (AvgIpc) is 2.97. The Morgan fingerprint density at radius 1 is 0.488 bits per heavy atom. The Labute approximate surface area is 238 Å². The first-order valence-corrected chi connectivity index (χ1v) is 13.5. The van der Waals surface area contributed by atoms with Crippen molar-refractivity contribution in [3.8, 4) is 5.75 Å². The first-order chi connectivity index (χ1) is 19.9.